The summed E-state index contributed by atoms with van der Waals surface area (Å²) in [6.45, 7) is 7.39. The molecule has 112 valence electrons. The number of nitrogens with one attached hydrogen (secondary N) is 1. The van der Waals surface area contributed by atoms with Crippen molar-refractivity contribution in [1.82, 2.24) is 4.98 Å². The number of ether oxygens (including phenoxy) is 1. The Bertz CT molecular complexity index is 436. The zero-order valence-corrected chi connectivity index (χ0v) is 12.9. The molecule has 1 aliphatic carbocycles. The van der Waals surface area contributed by atoms with Crippen LogP contribution in [-0.2, 0) is 0 Å². The lowest BCUT2D eigenvalue weighted by atomic mass is 9.78. The van der Waals surface area contributed by atoms with Gasteiger partial charge in [0.15, 0.2) is 0 Å². The van der Waals surface area contributed by atoms with E-state index in [1.807, 2.05) is 12.1 Å². The highest BCUT2D eigenvalue weighted by Crippen LogP contribution is 2.32. The van der Waals surface area contributed by atoms with Crippen LogP contribution in [0.4, 0.5) is 11.5 Å². The number of anilines is 2. The van der Waals surface area contributed by atoms with Gasteiger partial charge in [0.05, 0.1) is 12.3 Å². The fraction of sp³-hybridized carbons (Fsp3) is 0.688. The molecule has 3 unspecified atom stereocenters. The second-order valence-corrected chi connectivity index (χ2v) is 5.96. The Morgan fingerprint density at radius 3 is 2.90 bits per heavy atom. The molecule has 4 nitrogen and oxygen atoms in total. The number of pyridine rings is 1. The van der Waals surface area contributed by atoms with Crippen molar-refractivity contribution in [1.29, 1.82) is 0 Å². The van der Waals surface area contributed by atoms with Crippen LogP contribution in [0.5, 0.6) is 5.88 Å². The van der Waals surface area contributed by atoms with E-state index in [0.717, 1.165) is 18.2 Å². The quantitative estimate of drug-likeness (QED) is 0.861. The Labute approximate surface area is 122 Å². The van der Waals surface area contributed by atoms with Crippen LogP contribution in [0.2, 0.25) is 0 Å². The van der Waals surface area contributed by atoms with Gasteiger partial charge in [0.2, 0.25) is 5.88 Å². The normalized spacial score (nSPS) is 26.2. The summed E-state index contributed by atoms with van der Waals surface area (Å²) < 4.78 is 5.59. The van der Waals surface area contributed by atoms with E-state index in [0.29, 0.717) is 30.1 Å². The van der Waals surface area contributed by atoms with Gasteiger partial charge < -0.3 is 15.8 Å². The number of nitrogens with zero attached hydrogens (tertiary/aromatic N) is 1. The molecule has 1 saturated carbocycles. The first-order chi connectivity index (χ1) is 9.61. The largest absolute Gasteiger partial charge is 0.476 e. The van der Waals surface area contributed by atoms with Crippen molar-refractivity contribution >= 4 is 11.5 Å². The summed E-state index contributed by atoms with van der Waals surface area (Å²) in [5.41, 5.74) is 6.50. The van der Waals surface area contributed by atoms with Crippen molar-refractivity contribution in [3.8, 4) is 5.88 Å². The molecule has 0 aromatic carbocycles. The molecule has 1 aromatic heterocycles. The van der Waals surface area contributed by atoms with Crippen LogP contribution in [0.15, 0.2) is 12.1 Å². The van der Waals surface area contributed by atoms with Gasteiger partial charge in [-0.2, -0.15) is 4.98 Å². The molecule has 1 heterocycles. The van der Waals surface area contributed by atoms with E-state index in [1.54, 1.807) is 0 Å². The molecular weight excluding hydrogens is 250 g/mol. The molecule has 0 saturated heterocycles. The van der Waals surface area contributed by atoms with Crippen LogP contribution in [0.25, 0.3) is 0 Å². The second kappa shape index (κ2) is 6.82. The lowest BCUT2D eigenvalue weighted by molar-refractivity contribution is 0.252. The van der Waals surface area contributed by atoms with Crippen molar-refractivity contribution in [2.24, 2.45) is 11.8 Å². The smallest absolute Gasteiger partial charge is 0.239 e. The zero-order valence-electron chi connectivity index (χ0n) is 12.9. The third-order valence-electron chi connectivity index (χ3n) is 4.37. The number of nitrogens with two attached hydrogens (primary N) is 1. The van der Waals surface area contributed by atoms with E-state index in [4.69, 9.17) is 10.5 Å². The average molecular weight is 277 g/mol. The molecule has 4 heteroatoms. The van der Waals surface area contributed by atoms with Gasteiger partial charge in [0.25, 0.3) is 0 Å². The molecule has 0 amide bonds. The number of aromatic nitrogens is 1. The van der Waals surface area contributed by atoms with Gasteiger partial charge in [-0.05, 0) is 36.8 Å². The van der Waals surface area contributed by atoms with Crippen LogP contribution >= 0.6 is 0 Å². The van der Waals surface area contributed by atoms with E-state index in [2.05, 4.69) is 31.1 Å². The predicted molar refractivity (Wildman–Crippen MR) is 84.0 cm³/mol. The van der Waals surface area contributed by atoms with Crippen LogP contribution < -0.4 is 15.8 Å². The summed E-state index contributed by atoms with van der Waals surface area (Å²) in [4.78, 5) is 4.51. The van der Waals surface area contributed by atoms with Crippen molar-refractivity contribution < 1.29 is 4.74 Å². The van der Waals surface area contributed by atoms with Crippen molar-refractivity contribution in [3.05, 3.63) is 12.1 Å². The van der Waals surface area contributed by atoms with Crippen LogP contribution in [-0.4, -0.2) is 17.6 Å². The summed E-state index contributed by atoms with van der Waals surface area (Å²) in [6, 6.07) is 4.31. The first-order valence-electron chi connectivity index (χ1n) is 7.77. The van der Waals surface area contributed by atoms with E-state index in [9.17, 15) is 0 Å². The van der Waals surface area contributed by atoms with Gasteiger partial charge in [0.1, 0.15) is 5.82 Å². The summed E-state index contributed by atoms with van der Waals surface area (Å²) in [7, 11) is 0. The molecule has 1 fully saturated rings. The summed E-state index contributed by atoms with van der Waals surface area (Å²) in [6.07, 6.45) is 4.79. The first-order valence-corrected chi connectivity index (χ1v) is 7.77. The lowest BCUT2D eigenvalue weighted by Gasteiger charge is -2.35. The minimum absolute atomic E-state index is 0.494. The molecule has 1 aliphatic rings. The van der Waals surface area contributed by atoms with Crippen LogP contribution in [0.1, 0.15) is 46.5 Å². The van der Waals surface area contributed by atoms with Gasteiger partial charge in [-0.3, -0.25) is 0 Å². The molecule has 20 heavy (non-hydrogen) atoms. The Balaban J connectivity index is 2.05. The van der Waals surface area contributed by atoms with E-state index < -0.39 is 0 Å². The van der Waals surface area contributed by atoms with E-state index in [1.165, 1.54) is 19.3 Å². The maximum atomic E-state index is 5.90. The highest BCUT2D eigenvalue weighted by molar-refractivity contribution is 5.53. The fourth-order valence-corrected chi connectivity index (χ4v) is 2.82. The fourth-order valence-electron chi connectivity index (χ4n) is 2.82. The van der Waals surface area contributed by atoms with Gasteiger partial charge in [-0.15, -0.1) is 0 Å². The lowest BCUT2D eigenvalue weighted by Crippen LogP contribution is -2.35. The maximum Gasteiger partial charge on any atom is 0.239 e. The van der Waals surface area contributed by atoms with Gasteiger partial charge in [-0.1, -0.05) is 33.6 Å². The van der Waals surface area contributed by atoms with Crippen molar-refractivity contribution in [2.75, 3.05) is 17.7 Å². The van der Waals surface area contributed by atoms with Crippen molar-refractivity contribution in [2.45, 2.75) is 52.5 Å². The van der Waals surface area contributed by atoms with Crippen molar-refractivity contribution in [3.63, 3.8) is 0 Å². The number of hydrogen-bond donors (Lipinski definition) is 2. The van der Waals surface area contributed by atoms with Crippen LogP contribution in [0.3, 0.4) is 0 Å². The van der Waals surface area contributed by atoms with Gasteiger partial charge >= 0.3 is 0 Å². The van der Waals surface area contributed by atoms with E-state index in [-0.39, 0.29) is 0 Å². The van der Waals surface area contributed by atoms with Crippen LogP contribution in [0, 0.1) is 11.8 Å². The topological polar surface area (TPSA) is 60.2 Å². The molecule has 1 aromatic rings. The molecule has 0 spiro atoms. The molecule has 3 atom stereocenters. The minimum Gasteiger partial charge on any atom is -0.476 e. The molecule has 0 aliphatic heterocycles. The number of rotatable bonds is 5. The Hall–Kier alpha value is -1.45. The number of nitrogen functional groups attached to an aromatic ring is 1. The highest BCUT2D eigenvalue weighted by atomic mass is 16.5. The van der Waals surface area contributed by atoms with Gasteiger partial charge in [-0.25, -0.2) is 0 Å². The monoisotopic (exact) mass is 277 g/mol. The van der Waals surface area contributed by atoms with Gasteiger partial charge in [0, 0.05) is 6.04 Å². The number of hydrogen-bond acceptors (Lipinski definition) is 4. The third-order valence-corrected chi connectivity index (χ3v) is 4.37. The Morgan fingerprint density at radius 2 is 2.15 bits per heavy atom. The summed E-state index contributed by atoms with van der Waals surface area (Å²) >= 11 is 0. The molecule has 3 N–H and O–H groups in total. The standard InChI is InChI=1S/C16H27N3O/c1-4-10-20-16-13(17)8-9-15(19-16)18-14-7-5-6-11(2)12(14)3/h8-9,11-12,14H,4-7,10,17H2,1-3H3,(H,18,19). The zero-order chi connectivity index (χ0) is 14.5. The predicted octanol–water partition coefficient (Wildman–Crippen LogP) is 3.69. The molecular formula is C16H27N3O. The average Bonchev–Trinajstić information content (AvgIpc) is 2.44. The third kappa shape index (κ3) is 3.56. The Kier molecular flexibility index (Phi) is 5.10. The SMILES string of the molecule is CCCOc1nc(NC2CCCC(C)C2C)ccc1N. The second-order valence-electron chi connectivity index (χ2n) is 5.96. The molecule has 0 bridgehead atoms. The maximum absolute atomic E-state index is 5.90. The summed E-state index contributed by atoms with van der Waals surface area (Å²) in [5.74, 6) is 2.86. The minimum atomic E-state index is 0.494. The highest BCUT2D eigenvalue weighted by Gasteiger charge is 2.27. The summed E-state index contributed by atoms with van der Waals surface area (Å²) in [5, 5.41) is 3.56. The molecule has 0 radical (unpaired) electrons. The van der Waals surface area contributed by atoms with E-state index >= 15 is 0 Å². The Morgan fingerprint density at radius 1 is 1.35 bits per heavy atom. The first kappa shape index (κ1) is 14.9. The molecule has 2 rings (SSSR count).